The van der Waals surface area contributed by atoms with E-state index in [0.717, 1.165) is 102 Å². The number of aryl methyl sites for hydroxylation is 1. The number of nitrogens with zero attached hydrogens (tertiary/aromatic N) is 3. The van der Waals surface area contributed by atoms with Crippen LogP contribution in [0, 0.1) is 17.8 Å². The molecule has 1 amide bonds. The van der Waals surface area contributed by atoms with Crippen LogP contribution in [0.1, 0.15) is 80.3 Å². The SMILES string of the molecule is COCCN(CCOC)C1CCN(C[C@]2(OC)/C=C/C[C@H](C)[C@@H](C)S(=O)(=O)NC(=O)c3ccc4c(c3)N(CCCCc3cc(Cl)ccc3CO4)C[C@@H]3CC[C@H]32)CC1. The fourth-order valence-corrected chi connectivity index (χ4v) is 10.8. The molecule has 1 saturated heterocycles. The van der Waals surface area contributed by atoms with Crippen LogP contribution in [-0.2, 0) is 37.3 Å². The molecule has 0 aromatic heterocycles. The lowest BCUT2D eigenvalue weighted by atomic mass is 9.63. The molecule has 1 N–H and O–H groups in total. The topological polar surface area (TPSA) is 110 Å². The van der Waals surface area contributed by atoms with Gasteiger partial charge in [-0.2, -0.15) is 0 Å². The lowest BCUT2D eigenvalue weighted by molar-refractivity contribution is -0.0954. The Morgan fingerprint density at radius 1 is 0.947 bits per heavy atom. The molecule has 57 heavy (non-hydrogen) atoms. The first-order chi connectivity index (χ1) is 27.5. The highest BCUT2D eigenvalue weighted by Crippen LogP contribution is 2.47. The van der Waals surface area contributed by atoms with Crippen molar-refractivity contribution in [2.75, 3.05) is 85.3 Å². The predicted molar refractivity (Wildman–Crippen MR) is 227 cm³/mol. The summed E-state index contributed by atoms with van der Waals surface area (Å²) in [5.74, 6) is 0.393. The second-order valence-corrected chi connectivity index (χ2v) is 19.2. The standard InChI is InChI=1S/C44H65ClN4O7S/c1-32-9-8-19-44(55-5,31-47-21-17-39(18-22-47)48(23-25-53-3)24-26-54-4)40-15-12-36(40)29-49-20-7-6-10-34-27-38(45)14-11-37(34)30-56-42-16-13-35(28-41(42)49)43(50)46-57(51,52)33(32)2/h8,11,13-14,16,19,27-28,32-33,36,39-40H,6-7,9-10,12,15,17-18,20-26,29-31H2,1-5H3,(H,46,50)/b19-8+/t32-,33+,36-,40+,44+/m0/s1. The van der Waals surface area contributed by atoms with Gasteiger partial charge in [0.15, 0.2) is 0 Å². The minimum absolute atomic E-state index is 0.235. The summed E-state index contributed by atoms with van der Waals surface area (Å²) in [4.78, 5) is 21.1. The molecular weight excluding hydrogens is 764 g/mol. The molecule has 2 bridgehead atoms. The van der Waals surface area contributed by atoms with Gasteiger partial charge in [0, 0.05) is 70.7 Å². The van der Waals surface area contributed by atoms with Crippen molar-refractivity contribution in [2.24, 2.45) is 17.8 Å². The van der Waals surface area contributed by atoms with Crippen molar-refractivity contribution in [3.05, 3.63) is 70.3 Å². The first-order valence-corrected chi connectivity index (χ1v) is 22.9. The van der Waals surface area contributed by atoms with Crippen molar-refractivity contribution < 1.29 is 32.2 Å². The predicted octanol–water partition coefficient (Wildman–Crippen LogP) is 6.58. The van der Waals surface area contributed by atoms with E-state index >= 15 is 0 Å². The van der Waals surface area contributed by atoms with E-state index in [9.17, 15) is 13.2 Å². The van der Waals surface area contributed by atoms with Gasteiger partial charge in [0.1, 0.15) is 18.0 Å². The molecule has 11 nitrogen and oxygen atoms in total. The Morgan fingerprint density at radius 3 is 2.39 bits per heavy atom. The van der Waals surface area contributed by atoms with Crippen LogP contribution in [0.5, 0.6) is 5.75 Å². The van der Waals surface area contributed by atoms with Crippen molar-refractivity contribution in [2.45, 2.75) is 88.7 Å². The number of hydrogen-bond donors (Lipinski definition) is 1. The van der Waals surface area contributed by atoms with Crippen LogP contribution >= 0.6 is 11.6 Å². The Labute approximate surface area is 346 Å². The number of carbonyl (C=O) groups is 1. The van der Waals surface area contributed by atoms with Gasteiger partial charge in [0.2, 0.25) is 10.0 Å². The summed E-state index contributed by atoms with van der Waals surface area (Å²) in [7, 11) is 1.39. The van der Waals surface area contributed by atoms with E-state index < -0.39 is 26.8 Å². The number of nitrogens with one attached hydrogen (secondary N) is 1. The summed E-state index contributed by atoms with van der Waals surface area (Å²) in [6, 6.07) is 11.8. The summed E-state index contributed by atoms with van der Waals surface area (Å²) in [6.45, 7) is 11.4. The summed E-state index contributed by atoms with van der Waals surface area (Å²) in [5.41, 5.74) is 2.82. The maximum atomic E-state index is 13.7. The third-order valence-corrected chi connectivity index (χ3v) is 15.4. The van der Waals surface area contributed by atoms with E-state index in [1.54, 1.807) is 27.2 Å². The molecule has 1 aliphatic carbocycles. The fraction of sp³-hybridized carbons (Fsp3) is 0.659. The van der Waals surface area contributed by atoms with Gasteiger partial charge in [-0.3, -0.25) is 9.69 Å². The van der Waals surface area contributed by atoms with Gasteiger partial charge >= 0.3 is 0 Å². The van der Waals surface area contributed by atoms with Crippen LogP contribution in [0.2, 0.25) is 5.02 Å². The second-order valence-electron chi connectivity index (χ2n) is 16.7. The number of fused-ring (bicyclic) bond motifs is 3. The van der Waals surface area contributed by atoms with E-state index in [4.69, 9.17) is 30.5 Å². The molecule has 0 radical (unpaired) electrons. The molecule has 6 rings (SSSR count). The van der Waals surface area contributed by atoms with Crippen LogP contribution in [-0.4, -0.2) is 121 Å². The first-order valence-electron chi connectivity index (χ1n) is 21.0. The normalized spacial score (nSPS) is 28.3. The third-order valence-electron chi connectivity index (χ3n) is 13.3. The number of carbonyl (C=O) groups excluding carboxylic acids is 1. The molecule has 0 unspecified atom stereocenters. The molecule has 4 aliphatic rings. The average Bonchev–Trinajstić information content (AvgIpc) is 3.22. The lowest BCUT2D eigenvalue weighted by Gasteiger charge is -2.52. The quantitative estimate of drug-likeness (QED) is 0.264. The minimum Gasteiger partial charge on any atom is -0.487 e. The van der Waals surface area contributed by atoms with Gasteiger partial charge in [-0.05, 0) is 131 Å². The van der Waals surface area contributed by atoms with E-state index in [0.29, 0.717) is 54.5 Å². The molecule has 2 fully saturated rings. The second kappa shape index (κ2) is 20.0. The molecule has 3 heterocycles. The monoisotopic (exact) mass is 828 g/mol. The Bertz CT molecular complexity index is 1780. The average molecular weight is 830 g/mol. The number of halogens is 1. The van der Waals surface area contributed by atoms with Gasteiger partial charge in [-0.15, -0.1) is 0 Å². The molecule has 3 aliphatic heterocycles. The summed E-state index contributed by atoms with van der Waals surface area (Å²) in [5, 5.41) is -0.0783. The summed E-state index contributed by atoms with van der Waals surface area (Å²) < 4.78 is 53.9. The summed E-state index contributed by atoms with van der Waals surface area (Å²) >= 11 is 6.42. The van der Waals surface area contributed by atoms with E-state index in [1.807, 2.05) is 44.4 Å². The van der Waals surface area contributed by atoms with Crippen molar-refractivity contribution in [3.8, 4) is 5.75 Å². The molecule has 2 aromatic carbocycles. The highest BCUT2D eigenvalue weighted by molar-refractivity contribution is 7.90. The lowest BCUT2D eigenvalue weighted by Crippen LogP contribution is -2.58. The number of rotatable bonds is 10. The van der Waals surface area contributed by atoms with Gasteiger partial charge in [-0.1, -0.05) is 36.7 Å². The van der Waals surface area contributed by atoms with E-state index in [1.165, 1.54) is 5.56 Å². The molecule has 13 heteroatoms. The Kier molecular flexibility index (Phi) is 15.4. The molecule has 5 atom stereocenters. The number of sulfonamides is 1. The zero-order valence-electron chi connectivity index (χ0n) is 34.7. The van der Waals surface area contributed by atoms with Crippen molar-refractivity contribution in [1.82, 2.24) is 14.5 Å². The highest BCUT2D eigenvalue weighted by Gasteiger charge is 2.48. The number of benzene rings is 2. The Hall–Kier alpha value is -2.71. The molecule has 2 aromatic rings. The van der Waals surface area contributed by atoms with Crippen molar-refractivity contribution in [3.63, 3.8) is 0 Å². The molecule has 1 saturated carbocycles. The third kappa shape index (κ3) is 10.7. The molecule has 316 valence electrons. The zero-order chi connectivity index (χ0) is 40.6. The smallest absolute Gasteiger partial charge is 0.264 e. The van der Waals surface area contributed by atoms with Crippen LogP contribution < -0.4 is 14.4 Å². The van der Waals surface area contributed by atoms with E-state index in [2.05, 4.69) is 31.6 Å². The van der Waals surface area contributed by atoms with Gasteiger partial charge in [-0.25, -0.2) is 13.1 Å². The van der Waals surface area contributed by atoms with Crippen LogP contribution in [0.25, 0.3) is 0 Å². The largest absolute Gasteiger partial charge is 0.487 e. The number of piperidine rings is 1. The van der Waals surface area contributed by atoms with Crippen LogP contribution in [0.4, 0.5) is 5.69 Å². The van der Waals surface area contributed by atoms with Gasteiger partial charge < -0.3 is 28.7 Å². The maximum Gasteiger partial charge on any atom is 0.264 e. The number of likely N-dealkylation sites (tertiary alicyclic amines) is 1. The highest BCUT2D eigenvalue weighted by atomic mass is 35.5. The number of amides is 1. The minimum atomic E-state index is -3.97. The maximum absolute atomic E-state index is 13.7. The number of allylic oxidation sites excluding steroid dienone is 1. The number of hydrogen-bond acceptors (Lipinski definition) is 10. The van der Waals surface area contributed by atoms with Gasteiger partial charge in [0.25, 0.3) is 5.91 Å². The Morgan fingerprint density at radius 2 is 1.70 bits per heavy atom. The van der Waals surface area contributed by atoms with Crippen LogP contribution in [0.3, 0.4) is 0 Å². The number of methoxy groups -OCH3 is 3. The molecule has 0 spiro atoms. The fourth-order valence-electron chi connectivity index (χ4n) is 9.32. The zero-order valence-corrected chi connectivity index (χ0v) is 36.3. The van der Waals surface area contributed by atoms with Crippen molar-refractivity contribution >= 4 is 33.2 Å². The van der Waals surface area contributed by atoms with Crippen LogP contribution in [0.15, 0.2) is 48.6 Å². The van der Waals surface area contributed by atoms with Crippen molar-refractivity contribution in [1.29, 1.82) is 0 Å². The van der Waals surface area contributed by atoms with E-state index in [-0.39, 0.29) is 11.8 Å². The summed E-state index contributed by atoms with van der Waals surface area (Å²) in [6.07, 6.45) is 12.0. The Balaban J connectivity index is 1.32. The molecular formula is C44H65ClN4O7S. The first kappa shape index (κ1) is 43.9. The van der Waals surface area contributed by atoms with Gasteiger partial charge in [0.05, 0.1) is 24.2 Å². The number of ether oxygens (including phenoxy) is 4. The number of anilines is 1.